The van der Waals surface area contributed by atoms with Gasteiger partial charge in [-0.1, -0.05) is 32.1 Å². The quantitative estimate of drug-likeness (QED) is 0.787. The summed E-state index contributed by atoms with van der Waals surface area (Å²) in [5.41, 5.74) is 0. The van der Waals surface area contributed by atoms with Crippen LogP contribution in [0.3, 0.4) is 0 Å². The molecule has 2 nitrogen and oxygen atoms in total. The van der Waals surface area contributed by atoms with Gasteiger partial charge in [-0.15, -0.1) is 0 Å². The highest BCUT2D eigenvalue weighted by Crippen LogP contribution is 2.40. The maximum absolute atomic E-state index is 12.4. The number of rotatable bonds is 3. The minimum absolute atomic E-state index is 0.252. The van der Waals surface area contributed by atoms with E-state index in [1.807, 2.05) is 0 Å². The van der Waals surface area contributed by atoms with Crippen molar-refractivity contribution in [2.24, 2.45) is 11.8 Å². The molecule has 0 spiro atoms. The lowest BCUT2D eigenvalue weighted by Gasteiger charge is -2.28. The summed E-state index contributed by atoms with van der Waals surface area (Å²) in [6, 6.07) is 0. The number of ketones is 1. The SMILES string of the molecule is O=C(CC1CCCCC1)C1CC2CCC(C1)S2=O. The molecule has 0 aromatic rings. The maximum atomic E-state index is 12.4. The van der Waals surface area contributed by atoms with Crippen LogP contribution in [0, 0.1) is 11.8 Å². The van der Waals surface area contributed by atoms with Gasteiger partial charge in [-0.05, 0) is 31.6 Å². The molecule has 3 aliphatic rings. The first-order chi connectivity index (χ1) is 8.74. The van der Waals surface area contributed by atoms with Gasteiger partial charge in [-0.2, -0.15) is 0 Å². The Balaban J connectivity index is 1.55. The van der Waals surface area contributed by atoms with E-state index in [4.69, 9.17) is 0 Å². The van der Waals surface area contributed by atoms with Crippen molar-refractivity contribution in [1.82, 2.24) is 0 Å². The summed E-state index contributed by atoms with van der Waals surface area (Å²) < 4.78 is 11.9. The Labute approximate surface area is 112 Å². The first-order valence-corrected chi connectivity index (χ1v) is 8.93. The topological polar surface area (TPSA) is 34.1 Å². The predicted octanol–water partition coefficient (Wildman–Crippen LogP) is 3.22. The van der Waals surface area contributed by atoms with Gasteiger partial charge in [-0.3, -0.25) is 9.00 Å². The van der Waals surface area contributed by atoms with E-state index in [9.17, 15) is 9.00 Å². The van der Waals surface area contributed by atoms with Crippen molar-refractivity contribution in [3.05, 3.63) is 0 Å². The van der Waals surface area contributed by atoms with Crippen LogP contribution in [-0.4, -0.2) is 20.5 Å². The molecule has 1 aliphatic carbocycles. The van der Waals surface area contributed by atoms with Gasteiger partial charge in [0.15, 0.2) is 0 Å². The predicted molar refractivity (Wildman–Crippen MR) is 73.9 cm³/mol. The standard InChI is InChI=1S/C15H24O2S/c16-15(8-11-4-2-1-3-5-11)12-9-13-6-7-14(10-12)18(13)17/h11-14H,1-10H2. The van der Waals surface area contributed by atoms with Crippen LogP contribution in [-0.2, 0) is 15.6 Å². The van der Waals surface area contributed by atoms with Crippen LogP contribution in [0.1, 0.15) is 64.2 Å². The Bertz CT molecular complexity index is 330. The minimum atomic E-state index is -0.615. The Hall–Kier alpha value is -0.180. The average Bonchev–Trinajstić information content (AvgIpc) is 2.63. The smallest absolute Gasteiger partial charge is 0.136 e. The number of fused-ring (bicyclic) bond motifs is 2. The molecule has 2 aliphatic heterocycles. The van der Waals surface area contributed by atoms with Crippen molar-refractivity contribution in [3.8, 4) is 0 Å². The van der Waals surface area contributed by atoms with Crippen LogP contribution in [0.4, 0.5) is 0 Å². The molecular weight excluding hydrogens is 244 g/mol. The lowest BCUT2D eigenvalue weighted by Crippen LogP contribution is -2.33. The van der Waals surface area contributed by atoms with Gasteiger partial charge >= 0.3 is 0 Å². The van der Waals surface area contributed by atoms with Gasteiger partial charge in [0.25, 0.3) is 0 Å². The third-order valence-corrected chi connectivity index (χ3v) is 7.40. The fourth-order valence-electron chi connectivity index (χ4n) is 4.14. The molecule has 0 aromatic carbocycles. The van der Waals surface area contributed by atoms with E-state index < -0.39 is 10.8 Å². The van der Waals surface area contributed by atoms with Gasteiger partial charge < -0.3 is 0 Å². The summed E-state index contributed by atoms with van der Waals surface area (Å²) in [6.45, 7) is 0. The summed E-state index contributed by atoms with van der Waals surface area (Å²) in [6.07, 6.45) is 11.4. The average molecular weight is 268 g/mol. The second-order valence-corrected chi connectivity index (χ2v) is 8.48. The zero-order chi connectivity index (χ0) is 12.5. The van der Waals surface area contributed by atoms with E-state index in [1.165, 1.54) is 32.1 Å². The van der Waals surface area contributed by atoms with E-state index in [-0.39, 0.29) is 5.92 Å². The largest absolute Gasteiger partial charge is 0.299 e. The third kappa shape index (κ3) is 2.56. The normalized spacial score (nSPS) is 40.9. The fraction of sp³-hybridized carbons (Fsp3) is 0.933. The molecule has 2 saturated heterocycles. The number of hydrogen-bond acceptors (Lipinski definition) is 2. The second-order valence-electron chi connectivity index (χ2n) is 6.49. The molecule has 0 radical (unpaired) electrons. The van der Waals surface area contributed by atoms with Gasteiger partial charge in [0, 0.05) is 33.6 Å². The van der Waals surface area contributed by atoms with E-state index in [0.717, 1.165) is 32.1 Å². The van der Waals surface area contributed by atoms with E-state index in [2.05, 4.69) is 0 Å². The molecule has 1 saturated carbocycles. The minimum Gasteiger partial charge on any atom is -0.299 e. The van der Waals surface area contributed by atoms with Crippen molar-refractivity contribution >= 4 is 16.6 Å². The first kappa shape index (κ1) is 12.8. The molecule has 102 valence electrons. The summed E-state index contributed by atoms with van der Waals surface area (Å²) in [5.74, 6) is 1.41. The number of Topliss-reactive ketones (excluding diaryl/α,β-unsaturated/α-hetero) is 1. The molecule has 0 aromatic heterocycles. The monoisotopic (exact) mass is 268 g/mol. The zero-order valence-corrected chi connectivity index (χ0v) is 11.9. The lowest BCUT2D eigenvalue weighted by atomic mass is 9.82. The summed E-state index contributed by atoms with van der Waals surface area (Å²) in [4.78, 5) is 12.4. The number of carbonyl (C=O) groups is 1. The van der Waals surface area contributed by atoms with Crippen LogP contribution in [0.2, 0.25) is 0 Å². The van der Waals surface area contributed by atoms with E-state index >= 15 is 0 Å². The zero-order valence-electron chi connectivity index (χ0n) is 11.1. The highest BCUT2D eigenvalue weighted by atomic mass is 32.2. The van der Waals surface area contributed by atoms with Gasteiger partial charge in [-0.25, -0.2) is 0 Å². The highest BCUT2D eigenvalue weighted by molar-refractivity contribution is 7.86. The molecule has 2 bridgehead atoms. The summed E-state index contributed by atoms with van der Waals surface area (Å²) in [7, 11) is -0.615. The molecule has 2 unspecified atom stereocenters. The van der Waals surface area contributed by atoms with E-state index in [0.29, 0.717) is 22.2 Å². The summed E-state index contributed by atoms with van der Waals surface area (Å²) >= 11 is 0. The van der Waals surface area contributed by atoms with Crippen molar-refractivity contribution in [1.29, 1.82) is 0 Å². The number of carbonyl (C=O) groups excluding carboxylic acids is 1. The fourth-order valence-corrected chi connectivity index (χ4v) is 6.26. The van der Waals surface area contributed by atoms with Crippen LogP contribution in [0.25, 0.3) is 0 Å². The first-order valence-electron chi connectivity index (χ1n) is 7.66. The van der Waals surface area contributed by atoms with Crippen molar-refractivity contribution in [2.45, 2.75) is 74.7 Å². The molecule has 3 rings (SSSR count). The molecule has 3 fully saturated rings. The van der Waals surface area contributed by atoms with Crippen LogP contribution in [0.15, 0.2) is 0 Å². The van der Waals surface area contributed by atoms with Crippen molar-refractivity contribution in [3.63, 3.8) is 0 Å². The van der Waals surface area contributed by atoms with Crippen molar-refractivity contribution in [2.75, 3.05) is 0 Å². The molecule has 2 heterocycles. The van der Waals surface area contributed by atoms with Crippen LogP contribution < -0.4 is 0 Å². The highest BCUT2D eigenvalue weighted by Gasteiger charge is 2.42. The lowest BCUT2D eigenvalue weighted by molar-refractivity contribution is -0.124. The molecular formula is C15H24O2S. The third-order valence-electron chi connectivity index (χ3n) is 5.23. The number of hydrogen-bond donors (Lipinski definition) is 0. The van der Waals surface area contributed by atoms with E-state index in [1.54, 1.807) is 0 Å². The van der Waals surface area contributed by atoms with Crippen molar-refractivity contribution < 1.29 is 9.00 Å². The molecule has 0 N–H and O–H groups in total. The molecule has 0 amide bonds. The van der Waals surface area contributed by atoms with Gasteiger partial charge in [0.2, 0.25) is 0 Å². The van der Waals surface area contributed by atoms with Gasteiger partial charge in [0.05, 0.1) is 0 Å². The Morgan fingerprint density at radius 2 is 1.56 bits per heavy atom. The Morgan fingerprint density at radius 1 is 0.944 bits per heavy atom. The van der Waals surface area contributed by atoms with Crippen LogP contribution >= 0.6 is 0 Å². The maximum Gasteiger partial charge on any atom is 0.136 e. The Morgan fingerprint density at radius 3 is 2.17 bits per heavy atom. The molecule has 2 atom stereocenters. The molecule has 18 heavy (non-hydrogen) atoms. The molecule has 3 heteroatoms. The summed E-state index contributed by atoms with van der Waals surface area (Å²) in [5, 5.41) is 0.702. The Kier molecular flexibility index (Phi) is 3.88. The second kappa shape index (κ2) is 5.44. The van der Waals surface area contributed by atoms with Crippen LogP contribution in [0.5, 0.6) is 0 Å². The van der Waals surface area contributed by atoms with Gasteiger partial charge in [0.1, 0.15) is 5.78 Å².